The lowest BCUT2D eigenvalue weighted by Gasteiger charge is -2.49. The van der Waals surface area contributed by atoms with Crippen LogP contribution in [0.1, 0.15) is 83.3 Å². The molecule has 0 bridgehead atoms. The molecule has 0 radical (unpaired) electrons. The summed E-state index contributed by atoms with van der Waals surface area (Å²) in [6.45, 7) is 18.9. The highest BCUT2D eigenvalue weighted by atomic mass is 15.3. The number of benzene rings is 1. The molecule has 218 valence electrons. The molecule has 7 heteroatoms. The summed E-state index contributed by atoms with van der Waals surface area (Å²) in [6, 6.07) is 14.8. The molecule has 0 aliphatic carbocycles. The molecule has 2 aromatic heterocycles. The van der Waals surface area contributed by atoms with Gasteiger partial charge in [0.05, 0.1) is 6.04 Å². The van der Waals surface area contributed by atoms with E-state index in [2.05, 4.69) is 109 Å². The zero-order chi connectivity index (χ0) is 28.3. The minimum atomic E-state index is 0.132. The molecule has 7 nitrogen and oxygen atoms in total. The lowest BCUT2D eigenvalue weighted by atomic mass is 9.79. The quantitative estimate of drug-likeness (QED) is 0.372. The molecule has 3 atom stereocenters. The van der Waals surface area contributed by atoms with Crippen LogP contribution >= 0.6 is 0 Å². The molecule has 0 saturated carbocycles. The van der Waals surface area contributed by atoms with Crippen molar-refractivity contribution < 1.29 is 0 Å². The van der Waals surface area contributed by atoms with E-state index in [1.54, 1.807) is 0 Å². The number of aromatic nitrogens is 3. The predicted molar refractivity (Wildman–Crippen MR) is 165 cm³/mol. The van der Waals surface area contributed by atoms with Gasteiger partial charge < -0.3 is 9.88 Å². The van der Waals surface area contributed by atoms with Gasteiger partial charge in [-0.05, 0) is 63.4 Å². The van der Waals surface area contributed by atoms with Crippen LogP contribution < -0.4 is 5.32 Å². The van der Waals surface area contributed by atoms with E-state index in [-0.39, 0.29) is 5.54 Å². The Morgan fingerprint density at radius 2 is 1.70 bits per heavy atom. The van der Waals surface area contributed by atoms with Crippen LogP contribution in [0.2, 0.25) is 0 Å². The Morgan fingerprint density at radius 3 is 2.33 bits per heavy atom. The monoisotopic (exact) mass is 545 g/mol. The first kappa shape index (κ1) is 29.2. The van der Waals surface area contributed by atoms with E-state index in [4.69, 9.17) is 9.97 Å². The number of nitrogens with zero attached hydrogens (tertiary/aromatic N) is 6. The molecule has 2 saturated heterocycles. The van der Waals surface area contributed by atoms with Crippen molar-refractivity contribution in [1.82, 2.24) is 34.6 Å². The van der Waals surface area contributed by atoms with E-state index in [0.29, 0.717) is 18.1 Å². The number of piperazine rings is 1. The third kappa shape index (κ3) is 5.85. The fraction of sp³-hybridized carbons (Fsp3) is 0.636. The maximum Gasteiger partial charge on any atom is 0.159 e. The van der Waals surface area contributed by atoms with Crippen LogP contribution in [0.25, 0.3) is 11.2 Å². The van der Waals surface area contributed by atoms with E-state index in [0.717, 1.165) is 88.5 Å². The van der Waals surface area contributed by atoms with E-state index in [1.165, 1.54) is 11.1 Å². The van der Waals surface area contributed by atoms with Crippen LogP contribution in [0.5, 0.6) is 0 Å². The van der Waals surface area contributed by atoms with Gasteiger partial charge in [-0.25, -0.2) is 9.97 Å². The maximum absolute atomic E-state index is 5.23. The first-order chi connectivity index (χ1) is 19.4. The van der Waals surface area contributed by atoms with Crippen LogP contribution in [0.15, 0.2) is 42.6 Å². The van der Waals surface area contributed by atoms with Crippen LogP contribution in [-0.4, -0.2) is 80.6 Å². The topological polar surface area (TPSA) is 52.5 Å². The van der Waals surface area contributed by atoms with E-state index in [9.17, 15) is 0 Å². The molecule has 1 aromatic carbocycles. The van der Waals surface area contributed by atoms with Gasteiger partial charge in [-0.2, -0.15) is 0 Å². The van der Waals surface area contributed by atoms with Crippen molar-refractivity contribution in [3.8, 4) is 0 Å². The van der Waals surface area contributed by atoms with Gasteiger partial charge in [-0.3, -0.25) is 14.7 Å². The van der Waals surface area contributed by atoms with Crippen molar-refractivity contribution in [3.63, 3.8) is 0 Å². The second kappa shape index (κ2) is 12.7. The minimum Gasteiger partial charge on any atom is -0.315 e. The highest BCUT2D eigenvalue weighted by Crippen LogP contribution is 2.39. The zero-order valence-corrected chi connectivity index (χ0v) is 25.7. The van der Waals surface area contributed by atoms with Gasteiger partial charge in [0.2, 0.25) is 0 Å². The lowest BCUT2D eigenvalue weighted by molar-refractivity contribution is 0.0217. The summed E-state index contributed by atoms with van der Waals surface area (Å²) in [6.07, 6.45) is 6.66. The second-order valence-electron chi connectivity index (χ2n) is 12.3. The average Bonchev–Trinajstić information content (AvgIpc) is 3.28. The number of imidazole rings is 1. The zero-order valence-electron chi connectivity index (χ0n) is 25.7. The van der Waals surface area contributed by atoms with Gasteiger partial charge in [0.25, 0.3) is 0 Å². The summed E-state index contributed by atoms with van der Waals surface area (Å²) in [5, 5.41) is 3.68. The fourth-order valence-electron chi connectivity index (χ4n) is 7.60. The van der Waals surface area contributed by atoms with Gasteiger partial charge in [0.15, 0.2) is 5.65 Å². The van der Waals surface area contributed by atoms with Crippen LogP contribution in [-0.2, 0) is 19.1 Å². The Balaban J connectivity index is 1.33. The minimum absolute atomic E-state index is 0.132. The van der Waals surface area contributed by atoms with Crippen molar-refractivity contribution in [2.75, 3.05) is 39.3 Å². The number of likely N-dealkylation sites (tertiary alicyclic amines) is 1. The molecule has 0 unspecified atom stereocenters. The molecule has 0 amide bonds. The molecule has 5 rings (SSSR count). The normalized spacial score (nSPS) is 23.2. The van der Waals surface area contributed by atoms with Crippen LogP contribution in [0.4, 0.5) is 0 Å². The number of pyridine rings is 1. The van der Waals surface area contributed by atoms with Crippen LogP contribution in [0.3, 0.4) is 0 Å². The summed E-state index contributed by atoms with van der Waals surface area (Å²) < 4.78 is 2.25. The molecule has 2 fully saturated rings. The Kier molecular flexibility index (Phi) is 9.25. The molecular formula is C33H51N7. The summed E-state index contributed by atoms with van der Waals surface area (Å²) in [5.74, 6) is 1.16. The largest absolute Gasteiger partial charge is 0.315 e. The molecule has 1 N–H and O–H groups in total. The van der Waals surface area contributed by atoms with Gasteiger partial charge in [0.1, 0.15) is 11.3 Å². The van der Waals surface area contributed by atoms with Crippen molar-refractivity contribution in [2.24, 2.45) is 7.05 Å². The van der Waals surface area contributed by atoms with Crippen LogP contribution in [0, 0.1) is 0 Å². The maximum atomic E-state index is 5.23. The lowest BCUT2D eigenvalue weighted by Crippen LogP contribution is -2.55. The van der Waals surface area contributed by atoms with Crippen molar-refractivity contribution in [2.45, 2.75) is 90.5 Å². The third-order valence-corrected chi connectivity index (χ3v) is 9.46. The van der Waals surface area contributed by atoms with Gasteiger partial charge in [0, 0.05) is 63.6 Å². The smallest absolute Gasteiger partial charge is 0.159 e. The molecule has 40 heavy (non-hydrogen) atoms. The number of aryl methyl sites for hydroxylation is 1. The first-order valence-corrected chi connectivity index (χ1v) is 15.7. The number of hydrogen-bond donors (Lipinski definition) is 1. The van der Waals surface area contributed by atoms with E-state index in [1.807, 2.05) is 0 Å². The Labute approximate surface area is 242 Å². The average molecular weight is 546 g/mol. The molecule has 2 aliphatic rings. The SMILES string of the molecule is CCC[C@H](c1nc2cc(CN3CCC(c4ccccc4)(N(CC)CC)CC3)cnc2n1C)N1C[C@@H](C)N[C@@H](C)C1. The Morgan fingerprint density at radius 1 is 1.02 bits per heavy atom. The number of piperidine rings is 1. The van der Waals surface area contributed by atoms with Gasteiger partial charge >= 0.3 is 0 Å². The molecule has 3 aromatic rings. The molecule has 2 aliphatic heterocycles. The second-order valence-corrected chi connectivity index (χ2v) is 12.3. The van der Waals surface area contributed by atoms with E-state index < -0.39 is 0 Å². The predicted octanol–water partition coefficient (Wildman–Crippen LogP) is 5.32. The number of fused-ring (bicyclic) bond motifs is 1. The Hall–Kier alpha value is -2.32. The summed E-state index contributed by atoms with van der Waals surface area (Å²) in [7, 11) is 2.15. The van der Waals surface area contributed by atoms with Crippen molar-refractivity contribution in [1.29, 1.82) is 0 Å². The summed E-state index contributed by atoms with van der Waals surface area (Å²) in [5.41, 5.74) is 4.90. The first-order valence-electron chi connectivity index (χ1n) is 15.7. The highest BCUT2D eigenvalue weighted by Gasteiger charge is 2.40. The molecule has 4 heterocycles. The highest BCUT2D eigenvalue weighted by molar-refractivity contribution is 5.72. The number of nitrogens with one attached hydrogen (secondary N) is 1. The standard InChI is InChI=1S/C33H51N7/c1-7-13-30(39-22-25(4)35-26(5)23-39)32-36-29-20-27(21-34-31(29)37(32)6)24-38-18-16-33(17-19-38,40(8-2)9-3)28-14-11-10-12-15-28/h10-12,14-15,20-21,25-26,30,35H,7-9,13,16-19,22-24H2,1-6H3/t25-,26+,30-/m1/s1. The molecular weight excluding hydrogens is 494 g/mol. The van der Waals surface area contributed by atoms with Gasteiger partial charge in [-0.1, -0.05) is 57.5 Å². The van der Waals surface area contributed by atoms with Crippen molar-refractivity contribution >= 4 is 11.2 Å². The summed E-state index contributed by atoms with van der Waals surface area (Å²) >= 11 is 0. The Bertz CT molecular complexity index is 1220. The fourth-order valence-corrected chi connectivity index (χ4v) is 7.60. The number of rotatable bonds is 10. The van der Waals surface area contributed by atoms with E-state index >= 15 is 0 Å². The third-order valence-electron chi connectivity index (χ3n) is 9.46. The molecule has 0 spiro atoms. The van der Waals surface area contributed by atoms with Gasteiger partial charge in [-0.15, -0.1) is 0 Å². The van der Waals surface area contributed by atoms with Crippen molar-refractivity contribution in [3.05, 3.63) is 59.5 Å². The summed E-state index contributed by atoms with van der Waals surface area (Å²) in [4.78, 5) is 18.1. The number of hydrogen-bond acceptors (Lipinski definition) is 6.